The van der Waals surface area contributed by atoms with Gasteiger partial charge in [-0.3, -0.25) is 0 Å². The zero-order chi connectivity index (χ0) is 20.3. The van der Waals surface area contributed by atoms with Crippen LogP contribution in [0.15, 0.2) is 48.5 Å². The van der Waals surface area contributed by atoms with Gasteiger partial charge < -0.3 is 20.4 Å². The first-order chi connectivity index (χ1) is 13.4. The zero-order valence-electron chi connectivity index (χ0n) is 15.0. The number of terminal acetylenes is 2. The molecule has 3 rings (SSSR count). The molecule has 4 nitrogen and oxygen atoms in total. The van der Waals surface area contributed by atoms with Crippen molar-refractivity contribution in [2.75, 3.05) is 0 Å². The molecule has 0 fully saturated rings. The van der Waals surface area contributed by atoms with E-state index in [1.165, 1.54) is 12.1 Å². The molecule has 0 unspecified atom stereocenters. The van der Waals surface area contributed by atoms with Crippen LogP contribution in [0.4, 0.5) is 0 Å². The summed E-state index contributed by atoms with van der Waals surface area (Å²) in [5.74, 6) is 4.47. The van der Waals surface area contributed by atoms with Gasteiger partial charge in [-0.1, -0.05) is 36.1 Å². The Bertz CT molecular complexity index is 1040. The fourth-order valence-electron chi connectivity index (χ4n) is 3.10. The van der Waals surface area contributed by atoms with Gasteiger partial charge in [-0.2, -0.15) is 0 Å². The van der Waals surface area contributed by atoms with Gasteiger partial charge in [0.15, 0.2) is 23.0 Å². The Morgan fingerprint density at radius 2 is 1.00 bits per heavy atom. The van der Waals surface area contributed by atoms with Gasteiger partial charge in [-0.05, 0) is 35.4 Å². The van der Waals surface area contributed by atoms with Crippen LogP contribution in [0.2, 0.25) is 0 Å². The maximum Gasteiger partial charge on any atom is 0.161 e. The highest BCUT2D eigenvalue weighted by Crippen LogP contribution is 2.33. The van der Waals surface area contributed by atoms with Gasteiger partial charge in [-0.25, -0.2) is 0 Å². The number of rotatable bonds is 4. The summed E-state index contributed by atoms with van der Waals surface area (Å²) in [6.07, 6.45) is 11.9. The summed E-state index contributed by atoms with van der Waals surface area (Å²) < 4.78 is 0. The molecule has 3 aromatic carbocycles. The Kier molecular flexibility index (Phi) is 5.16. The quantitative estimate of drug-likeness (QED) is 0.417. The lowest BCUT2D eigenvalue weighted by molar-refractivity contribution is 0.400. The molecule has 0 bridgehead atoms. The van der Waals surface area contributed by atoms with Gasteiger partial charge >= 0.3 is 0 Å². The van der Waals surface area contributed by atoms with Crippen LogP contribution in [0.5, 0.6) is 23.0 Å². The van der Waals surface area contributed by atoms with E-state index < -0.39 is 0 Å². The summed E-state index contributed by atoms with van der Waals surface area (Å²) in [7, 11) is 0. The lowest BCUT2D eigenvalue weighted by atomic mass is 9.91. The third kappa shape index (κ3) is 3.58. The van der Waals surface area contributed by atoms with Crippen molar-refractivity contribution in [3.63, 3.8) is 0 Å². The Hall–Kier alpha value is -4.02. The second-order valence-corrected chi connectivity index (χ2v) is 6.38. The van der Waals surface area contributed by atoms with Crippen LogP contribution < -0.4 is 0 Å². The molecule has 138 valence electrons. The number of benzene rings is 3. The maximum absolute atomic E-state index is 10.1. The lowest BCUT2D eigenvalue weighted by Crippen LogP contribution is -2.00. The summed E-state index contributed by atoms with van der Waals surface area (Å²) in [4.78, 5) is 0. The third-order valence-electron chi connectivity index (χ3n) is 4.60. The second-order valence-electron chi connectivity index (χ2n) is 6.38. The van der Waals surface area contributed by atoms with Crippen molar-refractivity contribution in [1.82, 2.24) is 0 Å². The van der Waals surface area contributed by atoms with Crippen LogP contribution in [0.3, 0.4) is 0 Å². The van der Waals surface area contributed by atoms with Crippen LogP contribution in [-0.2, 0) is 12.8 Å². The van der Waals surface area contributed by atoms with Crippen molar-refractivity contribution in [1.29, 1.82) is 0 Å². The van der Waals surface area contributed by atoms with E-state index in [1.54, 1.807) is 36.4 Å². The number of para-hydroxylation sites is 2. The molecule has 0 saturated heterocycles. The Morgan fingerprint density at radius 3 is 1.36 bits per heavy atom. The van der Waals surface area contributed by atoms with Gasteiger partial charge in [-0.15, -0.1) is 12.8 Å². The number of phenolic OH excluding ortho intramolecular Hbond substituents is 4. The summed E-state index contributed by atoms with van der Waals surface area (Å²) in [6.45, 7) is 0. The summed E-state index contributed by atoms with van der Waals surface area (Å²) >= 11 is 0. The number of hydrogen-bond acceptors (Lipinski definition) is 4. The highest BCUT2D eigenvalue weighted by Gasteiger charge is 2.14. The van der Waals surface area contributed by atoms with Crippen LogP contribution in [-0.4, -0.2) is 20.4 Å². The summed E-state index contributed by atoms with van der Waals surface area (Å²) in [5, 5.41) is 39.5. The molecule has 4 N–H and O–H groups in total. The van der Waals surface area contributed by atoms with E-state index in [-0.39, 0.29) is 23.0 Å². The molecule has 3 aromatic rings. The van der Waals surface area contributed by atoms with Gasteiger partial charge in [0.2, 0.25) is 0 Å². The predicted octanol–water partition coefficient (Wildman–Crippen LogP) is 3.65. The van der Waals surface area contributed by atoms with E-state index in [0.717, 1.165) is 11.1 Å². The van der Waals surface area contributed by atoms with E-state index in [9.17, 15) is 20.4 Å². The fourth-order valence-corrected chi connectivity index (χ4v) is 3.10. The van der Waals surface area contributed by atoms with Crippen LogP contribution >= 0.6 is 0 Å². The predicted molar refractivity (Wildman–Crippen MR) is 107 cm³/mol. The van der Waals surface area contributed by atoms with E-state index in [4.69, 9.17) is 12.8 Å². The Labute approximate surface area is 163 Å². The molecule has 28 heavy (non-hydrogen) atoms. The normalized spacial score (nSPS) is 10.2. The van der Waals surface area contributed by atoms with E-state index >= 15 is 0 Å². The van der Waals surface area contributed by atoms with Gasteiger partial charge in [0.1, 0.15) is 0 Å². The molecular formula is C24H18O4. The largest absolute Gasteiger partial charge is 0.504 e. The number of phenols is 4. The van der Waals surface area contributed by atoms with E-state index in [1.807, 2.05) is 0 Å². The smallest absolute Gasteiger partial charge is 0.161 e. The molecule has 0 saturated carbocycles. The van der Waals surface area contributed by atoms with Crippen molar-refractivity contribution < 1.29 is 20.4 Å². The summed E-state index contributed by atoms with van der Waals surface area (Å²) in [6, 6.07) is 13.0. The lowest BCUT2D eigenvalue weighted by Gasteiger charge is -2.13. The zero-order valence-corrected chi connectivity index (χ0v) is 15.0. The van der Waals surface area contributed by atoms with Crippen LogP contribution in [0.25, 0.3) is 0 Å². The molecule has 0 aliphatic carbocycles. The second kappa shape index (κ2) is 7.70. The van der Waals surface area contributed by atoms with Crippen LogP contribution in [0, 0.1) is 24.7 Å². The SMILES string of the molecule is C#Cc1cc(Cc2cccc(O)c2O)c(C#C)cc1Cc1cccc(O)c1O. The molecule has 0 heterocycles. The van der Waals surface area contributed by atoms with Crippen molar-refractivity contribution in [3.05, 3.63) is 81.9 Å². The molecular weight excluding hydrogens is 352 g/mol. The van der Waals surface area contributed by atoms with Crippen molar-refractivity contribution in [3.8, 4) is 47.7 Å². The summed E-state index contributed by atoms with van der Waals surface area (Å²) in [5.41, 5.74) is 3.71. The topological polar surface area (TPSA) is 80.9 Å². The minimum absolute atomic E-state index is 0.193. The first-order valence-corrected chi connectivity index (χ1v) is 8.53. The minimum Gasteiger partial charge on any atom is -0.504 e. The molecule has 0 aliphatic heterocycles. The minimum atomic E-state index is -0.201. The molecule has 0 aromatic heterocycles. The first-order valence-electron chi connectivity index (χ1n) is 8.53. The average molecular weight is 370 g/mol. The monoisotopic (exact) mass is 370 g/mol. The fraction of sp³-hybridized carbons (Fsp3) is 0.0833. The Balaban J connectivity index is 2.03. The molecule has 0 atom stereocenters. The molecule has 0 aliphatic rings. The number of aromatic hydroxyl groups is 4. The molecule has 4 heteroatoms. The maximum atomic E-state index is 10.1. The van der Waals surface area contributed by atoms with Crippen molar-refractivity contribution in [2.45, 2.75) is 12.8 Å². The standard InChI is InChI=1S/C24H18O4/c1-3-15-11-20(14-18-8-6-10-22(26)24(18)28)16(4-2)12-19(15)13-17-7-5-9-21(25)23(17)27/h1-2,5-12,25-28H,13-14H2. The van der Waals surface area contributed by atoms with Gasteiger partial charge in [0.05, 0.1) is 0 Å². The molecule has 0 amide bonds. The van der Waals surface area contributed by atoms with Gasteiger partial charge in [0, 0.05) is 35.1 Å². The highest BCUT2D eigenvalue weighted by molar-refractivity contribution is 5.56. The van der Waals surface area contributed by atoms with Gasteiger partial charge in [0.25, 0.3) is 0 Å². The van der Waals surface area contributed by atoms with E-state index in [2.05, 4.69) is 11.8 Å². The molecule has 0 spiro atoms. The van der Waals surface area contributed by atoms with Crippen molar-refractivity contribution in [2.24, 2.45) is 0 Å². The van der Waals surface area contributed by atoms with Crippen LogP contribution in [0.1, 0.15) is 33.4 Å². The first kappa shape index (κ1) is 18.8. The highest BCUT2D eigenvalue weighted by atomic mass is 16.3. The third-order valence-corrected chi connectivity index (χ3v) is 4.60. The molecule has 0 radical (unpaired) electrons. The average Bonchev–Trinajstić information content (AvgIpc) is 2.69. The Morgan fingerprint density at radius 1 is 0.607 bits per heavy atom. The van der Waals surface area contributed by atoms with Crippen molar-refractivity contribution >= 4 is 0 Å². The number of hydrogen-bond donors (Lipinski definition) is 4. The van der Waals surface area contributed by atoms with E-state index in [0.29, 0.717) is 35.1 Å².